The van der Waals surface area contributed by atoms with Crippen LogP contribution in [0.1, 0.15) is 35.3 Å². The van der Waals surface area contributed by atoms with E-state index in [-0.39, 0.29) is 28.1 Å². The molecule has 158 valence electrons. The Bertz CT molecular complexity index is 963. The zero-order chi connectivity index (χ0) is 21.6. The molecule has 0 heterocycles. The zero-order valence-electron chi connectivity index (χ0n) is 16.8. The fourth-order valence-corrected chi connectivity index (χ4v) is 3.96. The first-order valence-corrected chi connectivity index (χ1v) is 10.8. The van der Waals surface area contributed by atoms with Crippen molar-refractivity contribution in [3.05, 3.63) is 64.2 Å². The summed E-state index contributed by atoms with van der Waals surface area (Å²) in [5.74, 6) is -0.419. The molecule has 1 N–H and O–H groups in total. The molecule has 29 heavy (non-hydrogen) atoms. The van der Waals surface area contributed by atoms with E-state index in [1.54, 1.807) is 0 Å². The lowest BCUT2D eigenvalue weighted by atomic mass is 10.1. The summed E-state index contributed by atoms with van der Waals surface area (Å²) in [5.41, 5.74) is 2.07. The molecule has 0 saturated carbocycles. The number of nitrogens with one attached hydrogen (secondary N) is 1. The van der Waals surface area contributed by atoms with E-state index in [9.17, 15) is 13.2 Å². The second-order valence-corrected chi connectivity index (χ2v) is 8.87. The predicted molar refractivity (Wildman–Crippen MR) is 111 cm³/mol. The Hall–Kier alpha value is -1.97. The van der Waals surface area contributed by atoms with Crippen LogP contribution in [0.5, 0.6) is 0 Å². The maximum absolute atomic E-state index is 12.6. The molecule has 2 rings (SSSR count). The maximum atomic E-state index is 12.6. The van der Waals surface area contributed by atoms with Crippen molar-refractivity contribution < 1.29 is 22.8 Å². The number of rotatable bonds is 9. The minimum Gasteiger partial charge on any atom is -0.374 e. The number of benzene rings is 2. The van der Waals surface area contributed by atoms with Gasteiger partial charge in [0.2, 0.25) is 0 Å². The van der Waals surface area contributed by atoms with Crippen LogP contribution >= 0.6 is 11.6 Å². The number of carbonyl (C=O) groups excluding carboxylic acids is 1. The van der Waals surface area contributed by atoms with Crippen molar-refractivity contribution in [1.82, 2.24) is 9.79 Å². The molecule has 0 spiro atoms. The highest BCUT2D eigenvalue weighted by Crippen LogP contribution is 2.25. The van der Waals surface area contributed by atoms with Gasteiger partial charge in [0.05, 0.1) is 24.8 Å². The molecule has 0 unspecified atom stereocenters. The fraction of sp³-hybridized carbons (Fsp3) is 0.350. The smallest absolute Gasteiger partial charge is 0.266 e. The summed E-state index contributed by atoms with van der Waals surface area (Å²) in [7, 11) is -1.51. The third-order valence-corrected chi connectivity index (χ3v) is 6.36. The fourth-order valence-electron chi connectivity index (χ4n) is 2.48. The van der Waals surface area contributed by atoms with Gasteiger partial charge in [0.1, 0.15) is 4.90 Å². The molecule has 0 aromatic heterocycles. The molecule has 0 fully saturated rings. The van der Waals surface area contributed by atoms with Crippen LogP contribution < -0.4 is 5.32 Å². The maximum Gasteiger partial charge on any atom is 0.266 e. The summed E-state index contributed by atoms with van der Waals surface area (Å²) < 4.78 is 31.3. The zero-order valence-corrected chi connectivity index (χ0v) is 18.4. The predicted octanol–water partition coefficient (Wildman–Crippen LogP) is 3.38. The molecule has 0 bridgehead atoms. The lowest BCUT2D eigenvalue weighted by Crippen LogP contribution is -2.27. The number of halogens is 1. The van der Waals surface area contributed by atoms with Crippen molar-refractivity contribution in [3.63, 3.8) is 0 Å². The highest BCUT2D eigenvalue weighted by Gasteiger charge is 2.25. The number of hydroxylamine groups is 1. The number of ether oxygens (including phenoxy) is 1. The Balaban J connectivity index is 2.18. The van der Waals surface area contributed by atoms with E-state index in [2.05, 4.69) is 5.32 Å². The molecule has 2 aromatic rings. The van der Waals surface area contributed by atoms with Crippen molar-refractivity contribution in [2.75, 3.05) is 14.2 Å². The van der Waals surface area contributed by atoms with E-state index >= 15 is 0 Å². The molecular weight excluding hydrogens is 416 g/mol. The lowest BCUT2D eigenvalue weighted by molar-refractivity contribution is -0.0258. The van der Waals surface area contributed by atoms with Gasteiger partial charge in [-0.25, -0.2) is 8.42 Å². The summed E-state index contributed by atoms with van der Waals surface area (Å²) >= 11 is 6.03. The summed E-state index contributed by atoms with van der Waals surface area (Å²) in [4.78, 5) is 17.2. The highest BCUT2D eigenvalue weighted by atomic mass is 35.5. The van der Waals surface area contributed by atoms with Gasteiger partial charge in [-0.1, -0.05) is 40.3 Å². The van der Waals surface area contributed by atoms with E-state index in [0.29, 0.717) is 11.1 Å². The van der Waals surface area contributed by atoms with Crippen molar-refractivity contribution in [2.45, 2.75) is 38.0 Å². The van der Waals surface area contributed by atoms with Crippen molar-refractivity contribution in [3.8, 4) is 0 Å². The molecular formula is C20H25ClN2O5S. The van der Waals surface area contributed by atoms with Crippen LogP contribution in [0.25, 0.3) is 0 Å². The average Bonchev–Trinajstić information content (AvgIpc) is 2.70. The molecule has 0 aliphatic rings. The lowest BCUT2D eigenvalue weighted by Gasteiger charge is -2.16. The molecule has 0 aliphatic heterocycles. The van der Waals surface area contributed by atoms with Crippen LogP contribution in [-0.4, -0.2) is 39.1 Å². The third-order valence-electron chi connectivity index (χ3n) is 4.20. The summed E-state index contributed by atoms with van der Waals surface area (Å²) in [6, 6.07) is 11.7. The Morgan fingerprint density at radius 2 is 1.83 bits per heavy atom. The van der Waals surface area contributed by atoms with Gasteiger partial charge >= 0.3 is 0 Å². The van der Waals surface area contributed by atoms with Gasteiger partial charge in [0.25, 0.3) is 15.9 Å². The van der Waals surface area contributed by atoms with Gasteiger partial charge in [-0.05, 0) is 43.2 Å². The summed E-state index contributed by atoms with van der Waals surface area (Å²) in [6.07, 6.45) is 0.0947. The average molecular weight is 441 g/mol. The van der Waals surface area contributed by atoms with Gasteiger partial charge < -0.3 is 10.1 Å². The number of hydrogen-bond acceptors (Lipinski definition) is 5. The van der Waals surface area contributed by atoms with Gasteiger partial charge in [-0.3, -0.25) is 9.63 Å². The van der Waals surface area contributed by atoms with Crippen LogP contribution in [0, 0.1) is 0 Å². The number of amides is 1. The Kier molecular flexibility index (Phi) is 8.18. The Labute approximate surface area is 176 Å². The molecule has 0 aliphatic carbocycles. The first kappa shape index (κ1) is 23.3. The molecule has 0 saturated heterocycles. The first-order valence-electron chi connectivity index (χ1n) is 8.96. The first-order chi connectivity index (χ1) is 13.7. The van der Waals surface area contributed by atoms with Crippen molar-refractivity contribution >= 4 is 27.5 Å². The Morgan fingerprint density at radius 3 is 2.45 bits per heavy atom. The molecule has 1 amide bonds. The van der Waals surface area contributed by atoms with Crippen LogP contribution in [0.2, 0.25) is 5.02 Å². The van der Waals surface area contributed by atoms with Gasteiger partial charge in [0, 0.05) is 19.2 Å². The number of nitrogens with zero attached hydrogens (tertiary/aromatic N) is 1. The number of hydrogen-bond donors (Lipinski definition) is 1. The van der Waals surface area contributed by atoms with E-state index in [4.69, 9.17) is 21.2 Å². The Morgan fingerprint density at radius 1 is 1.17 bits per heavy atom. The van der Waals surface area contributed by atoms with E-state index in [1.807, 2.05) is 38.1 Å². The second kappa shape index (κ2) is 10.2. The SMILES string of the molecule is CON(C)S(=O)(=O)c1cc(C(=O)NCc2ccccc2COC(C)C)ccc1Cl. The summed E-state index contributed by atoms with van der Waals surface area (Å²) in [6.45, 7) is 4.63. The van der Waals surface area contributed by atoms with Gasteiger partial charge in [-0.2, -0.15) is 0 Å². The van der Waals surface area contributed by atoms with Crippen LogP contribution in [-0.2, 0) is 32.7 Å². The largest absolute Gasteiger partial charge is 0.374 e. The van der Waals surface area contributed by atoms with Crippen LogP contribution in [0.15, 0.2) is 47.4 Å². The van der Waals surface area contributed by atoms with Gasteiger partial charge in [0.15, 0.2) is 0 Å². The molecule has 0 radical (unpaired) electrons. The minimum atomic E-state index is -3.98. The quantitative estimate of drug-likeness (QED) is 0.604. The summed E-state index contributed by atoms with van der Waals surface area (Å²) in [5, 5.41) is 2.81. The highest BCUT2D eigenvalue weighted by molar-refractivity contribution is 7.89. The molecule has 0 atom stereocenters. The standard InChI is InChI=1S/C20H25ClN2O5S/c1-14(2)28-13-17-8-6-5-7-16(17)12-22-20(24)15-9-10-18(21)19(11-15)29(25,26)23(3)27-4/h5-11,14H,12-13H2,1-4H3,(H,22,24). The number of carbonyl (C=O) groups is 1. The second-order valence-electron chi connectivity index (χ2n) is 6.55. The van der Waals surface area contributed by atoms with E-state index in [0.717, 1.165) is 11.1 Å². The topological polar surface area (TPSA) is 84.9 Å². The minimum absolute atomic E-state index is 0.00151. The van der Waals surface area contributed by atoms with Crippen LogP contribution in [0.3, 0.4) is 0 Å². The molecule has 9 heteroatoms. The molecule has 7 nitrogen and oxygen atoms in total. The monoisotopic (exact) mass is 440 g/mol. The normalized spacial score (nSPS) is 11.8. The van der Waals surface area contributed by atoms with Crippen molar-refractivity contribution in [2.24, 2.45) is 0 Å². The molecule has 2 aromatic carbocycles. The van der Waals surface area contributed by atoms with Crippen molar-refractivity contribution in [1.29, 1.82) is 0 Å². The third kappa shape index (κ3) is 6.01. The van der Waals surface area contributed by atoms with E-state index < -0.39 is 15.9 Å². The van der Waals surface area contributed by atoms with Gasteiger partial charge in [-0.15, -0.1) is 0 Å². The number of sulfonamides is 1. The van der Waals surface area contributed by atoms with E-state index in [1.165, 1.54) is 32.4 Å². The van der Waals surface area contributed by atoms with Crippen LogP contribution in [0.4, 0.5) is 0 Å².